The number of fused-ring (bicyclic) bond motifs is 2. The smallest absolute Gasteiger partial charge is 0.339 e. The number of hydrogen-bond donors (Lipinski definition) is 0. The zero-order chi connectivity index (χ0) is 23.7. The molecule has 2 aromatic carbocycles. The third kappa shape index (κ3) is 4.47. The van der Waals surface area contributed by atoms with Crippen molar-refractivity contribution in [1.82, 2.24) is 9.88 Å². The number of halogens is 1. The van der Waals surface area contributed by atoms with E-state index in [1.54, 1.807) is 17.0 Å². The maximum atomic E-state index is 13.2. The van der Waals surface area contributed by atoms with Crippen LogP contribution in [0.25, 0.3) is 10.9 Å². The van der Waals surface area contributed by atoms with Gasteiger partial charge in [0.15, 0.2) is 6.61 Å². The lowest BCUT2D eigenvalue weighted by atomic mass is 9.84. The second-order valence-corrected chi connectivity index (χ2v) is 9.20. The molecule has 1 atom stereocenters. The van der Waals surface area contributed by atoms with E-state index in [0.29, 0.717) is 37.7 Å². The molecule has 34 heavy (non-hydrogen) atoms. The number of nitrogens with zero attached hydrogens (tertiary/aromatic N) is 3. The van der Waals surface area contributed by atoms with E-state index in [2.05, 4.69) is 11.8 Å². The van der Waals surface area contributed by atoms with Crippen LogP contribution in [0.15, 0.2) is 48.5 Å². The van der Waals surface area contributed by atoms with Crippen molar-refractivity contribution in [2.24, 2.45) is 5.92 Å². The number of carbonyl (C=O) groups is 2. The second-order valence-electron chi connectivity index (χ2n) is 9.20. The van der Waals surface area contributed by atoms with E-state index in [0.717, 1.165) is 47.1 Å². The van der Waals surface area contributed by atoms with Gasteiger partial charge in [0.2, 0.25) is 0 Å². The van der Waals surface area contributed by atoms with Gasteiger partial charge in [-0.2, -0.15) is 0 Å². The third-order valence-corrected chi connectivity index (χ3v) is 6.86. The van der Waals surface area contributed by atoms with Crippen molar-refractivity contribution >= 4 is 28.5 Å². The monoisotopic (exact) mass is 461 g/mol. The number of benzene rings is 2. The van der Waals surface area contributed by atoms with Crippen molar-refractivity contribution < 1.29 is 18.7 Å². The Bertz CT molecular complexity index is 1220. The van der Waals surface area contributed by atoms with Crippen LogP contribution in [0.4, 0.5) is 10.1 Å². The van der Waals surface area contributed by atoms with Gasteiger partial charge in [-0.15, -0.1) is 0 Å². The number of anilines is 1. The molecule has 0 N–H and O–H groups in total. The summed E-state index contributed by atoms with van der Waals surface area (Å²) < 4.78 is 18.7. The molecule has 5 rings (SSSR count). The van der Waals surface area contributed by atoms with Crippen LogP contribution in [0.5, 0.6) is 0 Å². The summed E-state index contributed by atoms with van der Waals surface area (Å²) in [6, 6.07) is 14.0. The van der Waals surface area contributed by atoms with E-state index in [4.69, 9.17) is 9.72 Å². The molecule has 0 spiro atoms. The second kappa shape index (κ2) is 9.41. The van der Waals surface area contributed by atoms with Crippen molar-refractivity contribution in [3.63, 3.8) is 0 Å². The molecule has 1 aliphatic carbocycles. The van der Waals surface area contributed by atoms with E-state index >= 15 is 0 Å². The topological polar surface area (TPSA) is 62.7 Å². The summed E-state index contributed by atoms with van der Waals surface area (Å²) in [5, 5.41) is 0.778. The minimum Gasteiger partial charge on any atom is -0.452 e. The van der Waals surface area contributed by atoms with Crippen LogP contribution in [-0.2, 0) is 22.4 Å². The molecule has 0 bridgehead atoms. The number of piperazine rings is 1. The van der Waals surface area contributed by atoms with Gasteiger partial charge in [0.25, 0.3) is 5.91 Å². The Balaban J connectivity index is 1.26. The van der Waals surface area contributed by atoms with Gasteiger partial charge in [-0.25, -0.2) is 9.18 Å². The molecule has 3 aromatic rings. The summed E-state index contributed by atoms with van der Waals surface area (Å²) in [4.78, 5) is 34.6. The molecule has 0 saturated carbocycles. The number of aryl methyl sites for hydroxylation is 1. The lowest BCUT2D eigenvalue weighted by Crippen LogP contribution is -2.49. The van der Waals surface area contributed by atoms with E-state index in [9.17, 15) is 14.0 Å². The van der Waals surface area contributed by atoms with Gasteiger partial charge >= 0.3 is 5.97 Å². The zero-order valence-electron chi connectivity index (χ0n) is 19.3. The normalized spacial score (nSPS) is 18.0. The van der Waals surface area contributed by atoms with Crippen LogP contribution in [0, 0.1) is 11.7 Å². The minimum absolute atomic E-state index is 0.201. The number of rotatable bonds is 4. The maximum Gasteiger partial charge on any atom is 0.339 e. The van der Waals surface area contributed by atoms with Gasteiger partial charge in [0, 0.05) is 42.9 Å². The molecule has 6 nitrogen and oxygen atoms in total. The van der Waals surface area contributed by atoms with Crippen LogP contribution in [0.1, 0.15) is 35.0 Å². The number of hydrogen-bond acceptors (Lipinski definition) is 5. The van der Waals surface area contributed by atoms with E-state index < -0.39 is 5.97 Å². The van der Waals surface area contributed by atoms with Gasteiger partial charge in [-0.05, 0) is 61.1 Å². The van der Waals surface area contributed by atoms with Gasteiger partial charge in [-0.3, -0.25) is 9.78 Å². The Kier molecular flexibility index (Phi) is 6.18. The summed E-state index contributed by atoms with van der Waals surface area (Å²) in [5.41, 5.74) is 4.20. The van der Waals surface area contributed by atoms with Crippen LogP contribution in [0.2, 0.25) is 0 Å². The maximum absolute atomic E-state index is 13.2. The molecular formula is C27H28FN3O3. The fourth-order valence-corrected chi connectivity index (χ4v) is 4.95. The molecule has 1 fully saturated rings. The zero-order valence-corrected chi connectivity index (χ0v) is 19.3. The number of amides is 1. The Morgan fingerprint density at radius 2 is 1.79 bits per heavy atom. The first-order valence-corrected chi connectivity index (χ1v) is 11.9. The largest absolute Gasteiger partial charge is 0.452 e. The SMILES string of the molecule is CC1CCc2nc3ccccc3c(C(=O)OCC(=O)N3CCN(c4ccc(F)cc4)CC3)c2C1. The highest BCUT2D eigenvalue weighted by atomic mass is 19.1. The minimum atomic E-state index is -0.456. The average molecular weight is 462 g/mol. The highest BCUT2D eigenvalue weighted by molar-refractivity contribution is 6.05. The number of pyridine rings is 1. The predicted octanol–water partition coefficient (Wildman–Crippen LogP) is 4.00. The van der Waals surface area contributed by atoms with Crippen molar-refractivity contribution in [2.45, 2.75) is 26.2 Å². The highest BCUT2D eigenvalue weighted by Crippen LogP contribution is 2.32. The quantitative estimate of drug-likeness (QED) is 0.550. The number of carbonyl (C=O) groups excluding carboxylic acids is 2. The molecular weight excluding hydrogens is 433 g/mol. The van der Waals surface area contributed by atoms with Crippen molar-refractivity contribution in [1.29, 1.82) is 0 Å². The fourth-order valence-electron chi connectivity index (χ4n) is 4.95. The van der Waals surface area contributed by atoms with E-state index in [-0.39, 0.29) is 18.3 Å². The Hall–Kier alpha value is -3.48. The predicted molar refractivity (Wildman–Crippen MR) is 128 cm³/mol. The molecule has 0 radical (unpaired) electrons. The molecule has 2 heterocycles. The van der Waals surface area contributed by atoms with Gasteiger partial charge < -0.3 is 14.5 Å². The fraction of sp³-hybridized carbons (Fsp3) is 0.370. The Morgan fingerprint density at radius 3 is 2.56 bits per heavy atom. The molecule has 1 unspecified atom stereocenters. The standard InChI is InChI=1S/C27H28FN3O3/c1-18-6-11-24-22(16-18)26(21-4-2-3-5-23(21)29-24)27(33)34-17-25(32)31-14-12-30(13-15-31)20-9-7-19(28)8-10-20/h2-5,7-10,18H,6,11-17H2,1H3. The summed E-state index contributed by atoms with van der Waals surface area (Å²) in [5.74, 6) is -0.451. The molecule has 1 aromatic heterocycles. The van der Waals surface area contributed by atoms with Crippen LogP contribution in [-0.4, -0.2) is 54.5 Å². The molecule has 2 aliphatic rings. The number of ether oxygens (including phenoxy) is 1. The van der Waals surface area contributed by atoms with Crippen molar-refractivity contribution in [3.05, 3.63) is 71.2 Å². The average Bonchev–Trinajstić information content (AvgIpc) is 2.86. The number of aromatic nitrogens is 1. The van der Waals surface area contributed by atoms with Crippen LogP contribution in [0.3, 0.4) is 0 Å². The highest BCUT2D eigenvalue weighted by Gasteiger charge is 2.27. The molecule has 176 valence electrons. The number of esters is 1. The van der Waals surface area contributed by atoms with Crippen molar-refractivity contribution in [2.75, 3.05) is 37.7 Å². The van der Waals surface area contributed by atoms with E-state index in [1.807, 2.05) is 24.3 Å². The molecule has 1 amide bonds. The molecule has 1 saturated heterocycles. The molecule has 7 heteroatoms. The van der Waals surface area contributed by atoms with E-state index in [1.165, 1.54) is 12.1 Å². The lowest BCUT2D eigenvalue weighted by molar-refractivity contribution is -0.134. The van der Waals surface area contributed by atoms with Gasteiger partial charge in [-0.1, -0.05) is 25.1 Å². The third-order valence-electron chi connectivity index (χ3n) is 6.86. The van der Waals surface area contributed by atoms with Gasteiger partial charge in [0.05, 0.1) is 11.1 Å². The lowest BCUT2D eigenvalue weighted by Gasteiger charge is -2.36. The molecule has 1 aliphatic heterocycles. The van der Waals surface area contributed by atoms with Crippen molar-refractivity contribution in [3.8, 4) is 0 Å². The Morgan fingerprint density at radius 1 is 1.06 bits per heavy atom. The van der Waals surface area contributed by atoms with Gasteiger partial charge in [0.1, 0.15) is 5.82 Å². The Labute approximate surface area is 198 Å². The summed E-state index contributed by atoms with van der Waals surface area (Å²) in [7, 11) is 0. The number of para-hydroxylation sites is 1. The first-order chi connectivity index (χ1) is 16.5. The van der Waals surface area contributed by atoms with Crippen LogP contribution < -0.4 is 4.90 Å². The first kappa shape index (κ1) is 22.3. The first-order valence-electron chi connectivity index (χ1n) is 11.9. The summed E-state index contributed by atoms with van der Waals surface area (Å²) >= 11 is 0. The van der Waals surface area contributed by atoms with Crippen LogP contribution >= 0.6 is 0 Å². The summed E-state index contributed by atoms with van der Waals surface area (Å²) in [6.45, 7) is 4.24. The summed E-state index contributed by atoms with van der Waals surface area (Å²) in [6.07, 6.45) is 2.69.